The Hall–Kier alpha value is -3.07. The first-order valence-electron chi connectivity index (χ1n) is 5.17. The van der Waals surface area contributed by atoms with Gasteiger partial charge in [0.25, 0.3) is 5.95 Å². The van der Waals surface area contributed by atoms with Crippen molar-refractivity contribution in [2.45, 2.75) is 0 Å². The Bertz CT molecular complexity index is 639. The number of esters is 2. The predicted octanol–water partition coefficient (Wildman–Crippen LogP) is 1.66. The summed E-state index contributed by atoms with van der Waals surface area (Å²) in [6.45, 7) is 0. The largest absolute Gasteiger partial charge is 0.434 e. The summed E-state index contributed by atoms with van der Waals surface area (Å²) in [7, 11) is 0. The second kappa shape index (κ2) is 5.51. The second-order valence-electron chi connectivity index (χ2n) is 3.32. The van der Waals surface area contributed by atoms with E-state index in [4.69, 9.17) is 14.4 Å². The molecule has 0 radical (unpaired) electrons. The molecule has 6 nitrogen and oxygen atoms in total. The standard InChI is InChI=1S/C13H7NO5/c14-8-9-4-1-2-5-10(9)18-12(15)13(16)19-11-6-3-7-17-11/h1-7H. The summed E-state index contributed by atoms with van der Waals surface area (Å²) >= 11 is 0. The number of furan rings is 1. The SMILES string of the molecule is N#Cc1ccccc1OC(=O)C(=O)Oc1ccco1. The molecule has 0 bridgehead atoms. The monoisotopic (exact) mass is 257 g/mol. The Kier molecular flexibility index (Phi) is 3.59. The molecular formula is C13H7NO5. The first-order valence-corrected chi connectivity index (χ1v) is 5.17. The number of hydrogen-bond donors (Lipinski definition) is 0. The van der Waals surface area contributed by atoms with E-state index in [0.717, 1.165) is 0 Å². The average Bonchev–Trinajstić information content (AvgIpc) is 2.92. The maximum atomic E-state index is 11.5. The molecule has 0 aliphatic carbocycles. The molecule has 1 heterocycles. The van der Waals surface area contributed by atoms with E-state index in [1.165, 1.54) is 30.5 Å². The lowest BCUT2D eigenvalue weighted by Crippen LogP contribution is -2.25. The molecule has 19 heavy (non-hydrogen) atoms. The summed E-state index contributed by atoms with van der Waals surface area (Å²) in [5, 5.41) is 8.80. The fourth-order valence-corrected chi connectivity index (χ4v) is 1.24. The van der Waals surface area contributed by atoms with Gasteiger partial charge in [0.2, 0.25) is 0 Å². The zero-order chi connectivity index (χ0) is 13.7. The molecule has 0 saturated heterocycles. The molecule has 0 unspecified atom stereocenters. The van der Waals surface area contributed by atoms with Gasteiger partial charge in [0.05, 0.1) is 11.8 Å². The molecular weight excluding hydrogens is 250 g/mol. The first kappa shape index (κ1) is 12.4. The van der Waals surface area contributed by atoms with Gasteiger partial charge in [-0.1, -0.05) is 12.1 Å². The molecule has 0 fully saturated rings. The van der Waals surface area contributed by atoms with Gasteiger partial charge in [-0.15, -0.1) is 0 Å². The van der Waals surface area contributed by atoms with E-state index < -0.39 is 11.9 Å². The third-order valence-electron chi connectivity index (χ3n) is 2.07. The summed E-state index contributed by atoms with van der Waals surface area (Å²) in [6.07, 6.45) is 1.29. The van der Waals surface area contributed by atoms with Gasteiger partial charge in [-0.2, -0.15) is 5.26 Å². The Morgan fingerprint density at radius 2 is 1.79 bits per heavy atom. The average molecular weight is 257 g/mol. The number of nitriles is 1. The van der Waals surface area contributed by atoms with E-state index >= 15 is 0 Å². The van der Waals surface area contributed by atoms with Crippen molar-refractivity contribution in [3.63, 3.8) is 0 Å². The Morgan fingerprint density at radius 1 is 1.05 bits per heavy atom. The highest BCUT2D eigenvalue weighted by molar-refractivity contribution is 6.30. The van der Waals surface area contributed by atoms with Crippen molar-refractivity contribution in [2.24, 2.45) is 0 Å². The van der Waals surface area contributed by atoms with E-state index in [9.17, 15) is 9.59 Å². The van der Waals surface area contributed by atoms with Gasteiger partial charge < -0.3 is 13.9 Å². The van der Waals surface area contributed by atoms with Crippen molar-refractivity contribution in [3.05, 3.63) is 48.2 Å². The van der Waals surface area contributed by atoms with Crippen LogP contribution in [-0.4, -0.2) is 11.9 Å². The van der Waals surface area contributed by atoms with Crippen LogP contribution < -0.4 is 9.47 Å². The highest BCUT2D eigenvalue weighted by atomic mass is 16.6. The summed E-state index contributed by atoms with van der Waals surface area (Å²) in [4.78, 5) is 22.8. The van der Waals surface area contributed by atoms with Gasteiger partial charge in [0, 0.05) is 6.07 Å². The molecule has 0 amide bonds. The number of rotatable bonds is 2. The third kappa shape index (κ3) is 2.98. The normalized spacial score (nSPS) is 9.42. The molecule has 6 heteroatoms. The lowest BCUT2D eigenvalue weighted by Gasteiger charge is -2.04. The molecule has 2 aromatic rings. The maximum absolute atomic E-state index is 11.5. The van der Waals surface area contributed by atoms with E-state index in [1.54, 1.807) is 12.1 Å². The zero-order valence-corrected chi connectivity index (χ0v) is 9.53. The second-order valence-corrected chi connectivity index (χ2v) is 3.32. The van der Waals surface area contributed by atoms with Crippen LogP contribution in [0.2, 0.25) is 0 Å². The van der Waals surface area contributed by atoms with Crippen molar-refractivity contribution in [1.82, 2.24) is 0 Å². The summed E-state index contributed by atoms with van der Waals surface area (Å²) < 4.78 is 14.1. The number of benzene rings is 1. The summed E-state index contributed by atoms with van der Waals surface area (Å²) in [5.74, 6) is -2.59. The molecule has 0 aliphatic rings. The fourth-order valence-electron chi connectivity index (χ4n) is 1.24. The molecule has 0 spiro atoms. The van der Waals surface area contributed by atoms with E-state index in [0.29, 0.717) is 0 Å². The molecule has 94 valence electrons. The van der Waals surface area contributed by atoms with Crippen molar-refractivity contribution < 1.29 is 23.5 Å². The molecule has 0 saturated carbocycles. The minimum absolute atomic E-state index is 0.00797. The minimum atomic E-state index is -1.24. The van der Waals surface area contributed by atoms with Crippen LogP contribution in [0.3, 0.4) is 0 Å². The van der Waals surface area contributed by atoms with Gasteiger partial charge >= 0.3 is 11.9 Å². The van der Waals surface area contributed by atoms with Crippen molar-refractivity contribution in [2.75, 3.05) is 0 Å². The van der Waals surface area contributed by atoms with Crippen molar-refractivity contribution >= 4 is 11.9 Å². The molecule has 0 aliphatic heterocycles. The van der Waals surface area contributed by atoms with Crippen LogP contribution in [0.25, 0.3) is 0 Å². The van der Waals surface area contributed by atoms with Crippen LogP contribution >= 0.6 is 0 Å². The number of hydrogen-bond acceptors (Lipinski definition) is 6. The fraction of sp³-hybridized carbons (Fsp3) is 0. The molecule has 2 rings (SSSR count). The lowest BCUT2D eigenvalue weighted by molar-refractivity contribution is -0.157. The van der Waals surface area contributed by atoms with E-state index in [1.807, 2.05) is 6.07 Å². The summed E-state index contributed by atoms with van der Waals surface area (Å²) in [5.41, 5.74) is 0.140. The Labute approximate surface area is 107 Å². The van der Waals surface area contributed by atoms with Gasteiger partial charge in [-0.3, -0.25) is 0 Å². The molecule has 0 N–H and O–H groups in total. The zero-order valence-electron chi connectivity index (χ0n) is 9.53. The van der Waals surface area contributed by atoms with Gasteiger partial charge in [-0.25, -0.2) is 9.59 Å². The van der Waals surface area contributed by atoms with Crippen LogP contribution in [-0.2, 0) is 9.59 Å². The predicted molar refractivity (Wildman–Crippen MR) is 61.1 cm³/mol. The van der Waals surface area contributed by atoms with Gasteiger partial charge in [0.15, 0.2) is 0 Å². The van der Waals surface area contributed by atoms with E-state index in [2.05, 4.69) is 4.74 Å². The quantitative estimate of drug-likeness (QED) is 0.461. The van der Waals surface area contributed by atoms with Crippen LogP contribution in [0.15, 0.2) is 47.1 Å². The topological polar surface area (TPSA) is 89.5 Å². The highest BCUT2D eigenvalue weighted by Crippen LogP contribution is 2.17. The number of carbonyl (C=O) groups is 2. The number of para-hydroxylation sites is 1. The molecule has 1 aromatic heterocycles. The minimum Gasteiger partial charge on any atom is -0.434 e. The van der Waals surface area contributed by atoms with Crippen molar-refractivity contribution in [1.29, 1.82) is 5.26 Å². The smallest absolute Gasteiger partial charge is 0.425 e. The molecule has 0 atom stereocenters. The van der Waals surface area contributed by atoms with E-state index in [-0.39, 0.29) is 17.3 Å². The third-order valence-corrected chi connectivity index (χ3v) is 2.07. The van der Waals surface area contributed by atoms with Gasteiger partial charge in [0.1, 0.15) is 11.8 Å². The molecule has 1 aromatic carbocycles. The lowest BCUT2D eigenvalue weighted by atomic mass is 10.2. The van der Waals surface area contributed by atoms with Crippen LogP contribution in [0.4, 0.5) is 0 Å². The first-order chi connectivity index (χ1) is 9.20. The van der Waals surface area contributed by atoms with Crippen LogP contribution in [0, 0.1) is 11.3 Å². The van der Waals surface area contributed by atoms with Crippen LogP contribution in [0.1, 0.15) is 5.56 Å². The Morgan fingerprint density at radius 3 is 2.47 bits per heavy atom. The maximum Gasteiger partial charge on any atom is 0.425 e. The number of ether oxygens (including phenoxy) is 2. The van der Waals surface area contributed by atoms with Gasteiger partial charge in [-0.05, 0) is 18.2 Å². The van der Waals surface area contributed by atoms with Crippen molar-refractivity contribution in [3.8, 4) is 17.8 Å². The van der Waals surface area contributed by atoms with Crippen LogP contribution in [0.5, 0.6) is 11.7 Å². The highest BCUT2D eigenvalue weighted by Gasteiger charge is 2.21. The summed E-state index contributed by atoms with van der Waals surface area (Å²) in [6, 6.07) is 10.7. The Balaban J connectivity index is 2.05. The number of carbonyl (C=O) groups excluding carboxylic acids is 2. The number of nitrogens with zero attached hydrogens (tertiary/aromatic N) is 1.